The Hall–Kier alpha value is -2.28. The van der Waals surface area contributed by atoms with Crippen LogP contribution in [-0.4, -0.2) is 41.8 Å². The molecule has 0 fully saturated rings. The van der Waals surface area contributed by atoms with Crippen molar-refractivity contribution in [1.82, 2.24) is 10.2 Å². The standard InChI is InChI=1S/C20H24ClN3O3/c1-3-23(4-2)19(17-7-5-6-8-18(17)21)13-22-14-20(25)15-9-11-16(12-10-15)24(26)27/h5-12,19,22H,3-4,13-14H2,1-2H3. The van der Waals surface area contributed by atoms with Gasteiger partial charge in [-0.25, -0.2) is 0 Å². The molecule has 0 saturated carbocycles. The summed E-state index contributed by atoms with van der Waals surface area (Å²) in [4.78, 5) is 24.9. The van der Waals surface area contributed by atoms with E-state index >= 15 is 0 Å². The van der Waals surface area contributed by atoms with Crippen molar-refractivity contribution >= 4 is 23.1 Å². The van der Waals surface area contributed by atoms with Crippen molar-refractivity contribution in [2.75, 3.05) is 26.2 Å². The lowest BCUT2D eigenvalue weighted by molar-refractivity contribution is -0.384. The highest BCUT2D eigenvalue weighted by Crippen LogP contribution is 2.27. The Bertz CT molecular complexity index is 776. The molecule has 2 aromatic carbocycles. The number of likely N-dealkylation sites (N-methyl/N-ethyl adjacent to an activating group) is 1. The molecule has 0 aliphatic rings. The van der Waals surface area contributed by atoms with Crippen LogP contribution in [-0.2, 0) is 0 Å². The molecule has 0 bridgehead atoms. The number of Topliss-reactive ketones (excluding diaryl/α,β-unsaturated/α-hetero) is 1. The van der Waals surface area contributed by atoms with Crippen LogP contribution in [0.5, 0.6) is 0 Å². The molecule has 1 unspecified atom stereocenters. The maximum atomic E-state index is 12.3. The Kier molecular flexibility index (Phi) is 7.91. The first-order chi connectivity index (χ1) is 13.0. The molecule has 2 aromatic rings. The van der Waals surface area contributed by atoms with Crippen LogP contribution in [0, 0.1) is 10.1 Å². The van der Waals surface area contributed by atoms with Crippen LogP contribution in [0.1, 0.15) is 35.8 Å². The number of halogens is 1. The minimum Gasteiger partial charge on any atom is -0.308 e. The van der Waals surface area contributed by atoms with E-state index in [1.807, 2.05) is 24.3 Å². The Morgan fingerprint density at radius 3 is 2.33 bits per heavy atom. The molecule has 144 valence electrons. The van der Waals surface area contributed by atoms with E-state index in [0.717, 1.165) is 18.7 Å². The number of rotatable bonds is 10. The summed E-state index contributed by atoms with van der Waals surface area (Å²) in [6, 6.07) is 13.4. The molecule has 6 nitrogen and oxygen atoms in total. The first-order valence-electron chi connectivity index (χ1n) is 8.94. The molecule has 0 spiro atoms. The lowest BCUT2D eigenvalue weighted by atomic mass is 10.0. The number of non-ortho nitro benzene ring substituents is 1. The summed E-state index contributed by atoms with van der Waals surface area (Å²) in [6.07, 6.45) is 0. The highest BCUT2D eigenvalue weighted by atomic mass is 35.5. The summed E-state index contributed by atoms with van der Waals surface area (Å²) in [5, 5.41) is 14.6. The minimum absolute atomic E-state index is 0.0279. The number of nitrogens with one attached hydrogen (secondary N) is 1. The molecule has 2 rings (SSSR count). The summed E-state index contributed by atoms with van der Waals surface area (Å²) < 4.78 is 0. The average Bonchev–Trinajstić information content (AvgIpc) is 2.68. The number of hydrogen-bond donors (Lipinski definition) is 1. The average molecular weight is 390 g/mol. The van der Waals surface area contributed by atoms with E-state index in [9.17, 15) is 14.9 Å². The summed E-state index contributed by atoms with van der Waals surface area (Å²) >= 11 is 6.38. The molecular formula is C20H24ClN3O3. The van der Waals surface area contributed by atoms with Crippen molar-refractivity contribution in [3.63, 3.8) is 0 Å². The van der Waals surface area contributed by atoms with Crippen molar-refractivity contribution in [3.8, 4) is 0 Å². The lowest BCUT2D eigenvalue weighted by Crippen LogP contribution is -2.37. The quantitative estimate of drug-likeness (QED) is 0.376. The maximum absolute atomic E-state index is 12.3. The predicted molar refractivity (Wildman–Crippen MR) is 107 cm³/mol. The molecule has 0 aliphatic carbocycles. The normalized spacial score (nSPS) is 12.1. The van der Waals surface area contributed by atoms with Gasteiger partial charge < -0.3 is 5.32 Å². The van der Waals surface area contributed by atoms with Gasteiger partial charge in [0, 0.05) is 35.3 Å². The second-order valence-electron chi connectivity index (χ2n) is 6.12. The van der Waals surface area contributed by atoms with E-state index in [-0.39, 0.29) is 24.1 Å². The van der Waals surface area contributed by atoms with Crippen LogP contribution in [0.15, 0.2) is 48.5 Å². The van der Waals surface area contributed by atoms with E-state index < -0.39 is 4.92 Å². The number of ketones is 1. The number of nitro groups is 1. The Balaban J connectivity index is 2.03. The number of carbonyl (C=O) groups is 1. The zero-order chi connectivity index (χ0) is 19.8. The Morgan fingerprint density at radius 2 is 1.78 bits per heavy atom. The summed E-state index contributed by atoms with van der Waals surface area (Å²) in [5.41, 5.74) is 1.45. The predicted octanol–water partition coefficient (Wildman–Crippen LogP) is 4.10. The molecule has 0 amide bonds. The number of nitro benzene ring substituents is 1. The monoisotopic (exact) mass is 389 g/mol. The van der Waals surface area contributed by atoms with Gasteiger partial charge in [0.1, 0.15) is 0 Å². The topological polar surface area (TPSA) is 75.5 Å². The SMILES string of the molecule is CCN(CC)C(CNCC(=O)c1ccc([N+](=O)[O-])cc1)c1ccccc1Cl. The first kappa shape index (κ1) is 21.0. The van der Waals surface area contributed by atoms with Gasteiger partial charge >= 0.3 is 0 Å². The molecule has 0 saturated heterocycles. The first-order valence-corrected chi connectivity index (χ1v) is 9.32. The molecule has 0 aromatic heterocycles. The van der Waals surface area contributed by atoms with E-state index in [4.69, 9.17) is 11.6 Å². The molecule has 27 heavy (non-hydrogen) atoms. The van der Waals surface area contributed by atoms with Crippen LogP contribution in [0.2, 0.25) is 5.02 Å². The minimum atomic E-state index is -0.481. The van der Waals surface area contributed by atoms with Gasteiger partial charge in [0.25, 0.3) is 5.69 Å². The van der Waals surface area contributed by atoms with Gasteiger partial charge in [-0.1, -0.05) is 43.6 Å². The van der Waals surface area contributed by atoms with Crippen molar-refractivity contribution < 1.29 is 9.72 Å². The number of carbonyl (C=O) groups excluding carboxylic acids is 1. The van der Waals surface area contributed by atoms with E-state index in [0.29, 0.717) is 17.1 Å². The number of nitrogens with zero attached hydrogens (tertiary/aromatic N) is 2. The summed E-state index contributed by atoms with van der Waals surface area (Å²) in [7, 11) is 0. The third-order valence-corrected chi connectivity index (χ3v) is 4.88. The van der Waals surface area contributed by atoms with Crippen molar-refractivity contribution in [2.45, 2.75) is 19.9 Å². The molecular weight excluding hydrogens is 366 g/mol. The van der Waals surface area contributed by atoms with Crippen molar-refractivity contribution in [3.05, 3.63) is 74.8 Å². The third kappa shape index (κ3) is 5.60. The fourth-order valence-corrected chi connectivity index (χ4v) is 3.30. The van der Waals surface area contributed by atoms with Gasteiger partial charge in [-0.05, 0) is 36.9 Å². The highest BCUT2D eigenvalue weighted by Gasteiger charge is 2.20. The maximum Gasteiger partial charge on any atom is 0.269 e. The summed E-state index contributed by atoms with van der Waals surface area (Å²) in [6.45, 7) is 6.64. The van der Waals surface area contributed by atoms with Gasteiger partial charge in [0.15, 0.2) is 5.78 Å². The van der Waals surface area contributed by atoms with Gasteiger partial charge in [-0.15, -0.1) is 0 Å². The second-order valence-corrected chi connectivity index (χ2v) is 6.52. The lowest BCUT2D eigenvalue weighted by Gasteiger charge is -2.31. The van der Waals surface area contributed by atoms with Crippen molar-refractivity contribution in [1.29, 1.82) is 0 Å². The van der Waals surface area contributed by atoms with Crippen LogP contribution in [0.3, 0.4) is 0 Å². The smallest absolute Gasteiger partial charge is 0.269 e. The molecule has 7 heteroatoms. The van der Waals surface area contributed by atoms with Gasteiger partial charge in [0.2, 0.25) is 0 Å². The van der Waals surface area contributed by atoms with Crippen LogP contribution in [0.4, 0.5) is 5.69 Å². The number of benzene rings is 2. The zero-order valence-electron chi connectivity index (χ0n) is 15.5. The second kappa shape index (κ2) is 10.2. The largest absolute Gasteiger partial charge is 0.308 e. The van der Waals surface area contributed by atoms with Crippen LogP contribution in [0.25, 0.3) is 0 Å². The Morgan fingerprint density at radius 1 is 1.15 bits per heavy atom. The fourth-order valence-electron chi connectivity index (χ4n) is 3.04. The zero-order valence-corrected chi connectivity index (χ0v) is 16.3. The van der Waals surface area contributed by atoms with Crippen molar-refractivity contribution in [2.24, 2.45) is 0 Å². The number of hydrogen-bond acceptors (Lipinski definition) is 5. The molecule has 1 N–H and O–H groups in total. The van der Waals surface area contributed by atoms with Crippen LogP contribution < -0.4 is 5.32 Å². The molecule has 0 radical (unpaired) electrons. The molecule has 0 aliphatic heterocycles. The van der Waals surface area contributed by atoms with Gasteiger partial charge in [-0.2, -0.15) is 0 Å². The highest BCUT2D eigenvalue weighted by molar-refractivity contribution is 6.31. The van der Waals surface area contributed by atoms with E-state index in [1.54, 1.807) is 0 Å². The van der Waals surface area contributed by atoms with E-state index in [1.165, 1.54) is 24.3 Å². The Labute approximate surface area is 164 Å². The van der Waals surface area contributed by atoms with Gasteiger partial charge in [-0.3, -0.25) is 19.8 Å². The van der Waals surface area contributed by atoms with Crippen LogP contribution >= 0.6 is 11.6 Å². The third-order valence-electron chi connectivity index (χ3n) is 4.54. The molecule has 1 atom stereocenters. The molecule has 0 heterocycles. The van der Waals surface area contributed by atoms with E-state index in [2.05, 4.69) is 24.1 Å². The summed E-state index contributed by atoms with van der Waals surface area (Å²) in [5.74, 6) is -0.109. The fraction of sp³-hybridized carbons (Fsp3) is 0.350. The van der Waals surface area contributed by atoms with Gasteiger partial charge in [0.05, 0.1) is 11.5 Å².